The molecular formula is C15H18O3. The highest BCUT2D eigenvalue weighted by Crippen LogP contribution is 2.32. The molecule has 0 amide bonds. The fraction of sp³-hybridized carbons (Fsp3) is 0.267. The van der Waals surface area contributed by atoms with E-state index in [1.165, 1.54) is 5.39 Å². The Hall–Kier alpha value is -2.03. The molecule has 96 valence electrons. The van der Waals surface area contributed by atoms with Crippen molar-refractivity contribution in [1.82, 2.24) is 0 Å². The van der Waals surface area contributed by atoms with Crippen LogP contribution < -0.4 is 0 Å². The minimum absolute atomic E-state index is 0.348. The van der Waals surface area contributed by atoms with E-state index in [1.54, 1.807) is 6.07 Å². The van der Waals surface area contributed by atoms with Gasteiger partial charge in [-0.3, -0.25) is 4.79 Å². The molecule has 0 saturated heterocycles. The monoisotopic (exact) mass is 246 g/mol. The highest BCUT2D eigenvalue weighted by atomic mass is 16.4. The minimum Gasteiger partial charge on any atom is -0.508 e. The maximum Gasteiger partial charge on any atom is 0.300 e. The van der Waals surface area contributed by atoms with Crippen molar-refractivity contribution in [3.05, 3.63) is 42.0 Å². The lowest BCUT2D eigenvalue weighted by Gasteiger charge is -2.11. The Morgan fingerprint density at radius 2 is 1.67 bits per heavy atom. The molecule has 2 aromatic rings. The van der Waals surface area contributed by atoms with E-state index in [0.29, 0.717) is 11.7 Å². The molecule has 0 unspecified atom stereocenters. The van der Waals surface area contributed by atoms with Gasteiger partial charge in [-0.05, 0) is 22.8 Å². The van der Waals surface area contributed by atoms with E-state index in [0.717, 1.165) is 17.9 Å². The van der Waals surface area contributed by atoms with Crippen molar-refractivity contribution in [2.24, 2.45) is 0 Å². The lowest BCUT2D eigenvalue weighted by Crippen LogP contribution is -1.90. The Morgan fingerprint density at radius 3 is 2.22 bits per heavy atom. The number of aromatic hydroxyl groups is 1. The molecule has 2 aromatic carbocycles. The summed E-state index contributed by atoms with van der Waals surface area (Å²) in [4.78, 5) is 9.00. The Bertz CT molecular complexity index is 540. The third-order valence-electron chi connectivity index (χ3n) is 2.53. The van der Waals surface area contributed by atoms with Gasteiger partial charge in [-0.25, -0.2) is 0 Å². The lowest BCUT2D eigenvalue weighted by molar-refractivity contribution is -0.134. The quantitative estimate of drug-likeness (QED) is 0.805. The van der Waals surface area contributed by atoms with Crippen LogP contribution in [0.2, 0.25) is 0 Å². The molecule has 0 atom stereocenters. The second-order valence-electron chi connectivity index (χ2n) is 4.39. The number of hydrogen-bond acceptors (Lipinski definition) is 2. The molecule has 0 spiro atoms. The van der Waals surface area contributed by atoms with Gasteiger partial charge in [0.1, 0.15) is 5.75 Å². The normalized spacial score (nSPS) is 10.0. The maximum absolute atomic E-state index is 9.78. The molecule has 0 radical (unpaired) electrons. The van der Waals surface area contributed by atoms with Crippen LogP contribution in [0.4, 0.5) is 0 Å². The van der Waals surface area contributed by atoms with Crippen LogP contribution in [-0.4, -0.2) is 16.2 Å². The molecule has 3 heteroatoms. The molecule has 0 saturated carbocycles. The van der Waals surface area contributed by atoms with Crippen molar-refractivity contribution in [3.63, 3.8) is 0 Å². The van der Waals surface area contributed by atoms with Crippen molar-refractivity contribution in [1.29, 1.82) is 0 Å². The minimum atomic E-state index is -0.833. The second-order valence-corrected chi connectivity index (χ2v) is 4.39. The van der Waals surface area contributed by atoms with Gasteiger partial charge in [0.25, 0.3) is 5.97 Å². The summed E-state index contributed by atoms with van der Waals surface area (Å²) >= 11 is 0. The van der Waals surface area contributed by atoms with E-state index in [9.17, 15) is 5.11 Å². The van der Waals surface area contributed by atoms with E-state index in [4.69, 9.17) is 9.90 Å². The van der Waals surface area contributed by atoms with Crippen molar-refractivity contribution in [2.45, 2.75) is 26.7 Å². The Morgan fingerprint density at radius 1 is 1.11 bits per heavy atom. The van der Waals surface area contributed by atoms with Crippen LogP contribution in [0.15, 0.2) is 36.4 Å². The number of phenolic OH excluding ortho intramolecular Hbond substituents is 1. The van der Waals surface area contributed by atoms with Gasteiger partial charge in [-0.1, -0.05) is 44.2 Å². The van der Waals surface area contributed by atoms with Gasteiger partial charge in [0.15, 0.2) is 0 Å². The number of fused-ring (bicyclic) bond motifs is 1. The van der Waals surface area contributed by atoms with Crippen LogP contribution in [0.5, 0.6) is 5.75 Å². The van der Waals surface area contributed by atoms with Crippen LogP contribution in [0.1, 0.15) is 32.3 Å². The number of carbonyl (C=O) groups is 1. The molecule has 2 rings (SSSR count). The molecule has 0 fully saturated rings. The van der Waals surface area contributed by atoms with E-state index < -0.39 is 5.97 Å². The van der Waals surface area contributed by atoms with E-state index >= 15 is 0 Å². The number of hydrogen-bond donors (Lipinski definition) is 2. The van der Waals surface area contributed by atoms with Gasteiger partial charge in [-0.2, -0.15) is 0 Å². The van der Waals surface area contributed by atoms with Crippen molar-refractivity contribution in [2.75, 3.05) is 0 Å². The van der Waals surface area contributed by atoms with Crippen LogP contribution in [-0.2, 0) is 4.79 Å². The SMILES string of the molecule is CC(=O)O.CC(C)c1c(O)ccc2ccccc12. The average Bonchev–Trinajstić information content (AvgIpc) is 2.27. The zero-order valence-electron chi connectivity index (χ0n) is 10.8. The van der Waals surface area contributed by atoms with Crippen molar-refractivity contribution < 1.29 is 15.0 Å². The first-order valence-corrected chi connectivity index (χ1v) is 5.83. The number of phenols is 1. The molecule has 18 heavy (non-hydrogen) atoms. The van der Waals surface area contributed by atoms with Crippen molar-refractivity contribution >= 4 is 16.7 Å². The van der Waals surface area contributed by atoms with Crippen LogP contribution in [0, 0.1) is 0 Å². The fourth-order valence-electron chi connectivity index (χ4n) is 1.89. The molecule has 2 N–H and O–H groups in total. The van der Waals surface area contributed by atoms with Gasteiger partial charge in [0.2, 0.25) is 0 Å². The third-order valence-corrected chi connectivity index (χ3v) is 2.53. The number of carboxylic acid groups (broad SMARTS) is 1. The summed E-state index contributed by atoms with van der Waals surface area (Å²) in [6.07, 6.45) is 0. The summed E-state index contributed by atoms with van der Waals surface area (Å²) in [6.45, 7) is 5.28. The predicted molar refractivity (Wildman–Crippen MR) is 73.0 cm³/mol. The largest absolute Gasteiger partial charge is 0.508 e. The fourth-order valence-corrected chi connectivity index (χ4v) is 1.89. The summed E-state index contributed by atoms with van der Waals surface area (Å²) in [6, 6.07) is 11.9. The van der Waals surface area contributed by atoms with E-state index in [2.05, 4.69) is 26.0 Å². The number of benzene rings is 2. The molecular weight excluding hydrogens is 228 g/mol. The van der Waals surface area contributed by atoms with E-state index in [1.807, 2.05) is 18.2 Å². The van der Waals surface area contributed by atoms with E-state index in [-0.39, 0.29) is 0 Å². The van der Waals surface area contributed by atoms with Gasteiger partial charge in [0.05, 0.1) is 0 Å². The number of carboxylic acids is 1. The van der Waals surface area contributed by atoms with Gasteiger partial charge < -0.3 is 10.2 Å². The molecule has 0 aliphatic rings. The second kappa shape index (κ2) is 6.05. The summed E-state index contributed by atoms with van der Waals surface area (Å²) < 4.78 is 0. The zero-order valence-corrected chi connectivity index (χ0v) is 10.8. The van der Waals surface area contributed by atoms with Gasteiger partial charge in [-0.15, -0.1) is 0 Å². The summed E-state index contributed by atoms with van der Waals surface area (Å²) in [5, 5.41) is 19.5. The first kappa shape index (κ1) is 14.0. The Kier molecular flexibility index (Phi) is 4.72. The first-order valence-electron chi connectivity index (χ1n) is 5.83. The lowest BCUT2D eigenvalue weighted by atomic mass is 9.95. The number of rotatable bonds is 1. The average molecular weight is 246 g/mol. The highest BCUT2D eigenvalue weighted by molar-refractivity contribution is 5.88. The summed E-state index contributed by atoms with van der Waals surface area (Å²) in [5.74, 6) is -0.0835. The predicted octanol–water partition coefficient (Wildman–Crippen LogP) is 3.76. The Labute approximate surface area is 107 Å². The smallest absolute Gasteiger partial charge is 0.300 e. The van der Waals surface area contributed by atoms with Crippen LogP contribution in [0.3, 0.4) is 0 Å². The molecule has 3 nitrogen and oxygen atoms in total. The van der Waals surface area contributed by atoms with Crippen LogP contribution in [0.25, 0.3) is 10.8 Å². The summed E-state index contributed by atoms with van der Waals surface area (Å²) in [5.41, 5.74) is 1.04. The topological polar surface area (TPSA) is 57.5 Å². The van der Waals surface area contributed by atoms with Gasteiger partial charge in [0, 0.05) is 12.5 Å². The van der Waals surface area contributed by atoms with Crippen LogP contribution >= 0.6 is 0 Å². The molecule has 0 heterocycles. The number of aliphatic carboxylic acids is 1. The zero-order chi connectivity index (χ0) is 13.7. The Balaban J connectivity index is 0.000000357. The first-order chi connectivity index (χ1) is 8.43. The van der Waals surface area contributed by atoms with Gasteiger partial charge >= 0.3 is 0 Å². The maximum atomic E-state index is 9.78. The molecule has 0 aliphatic heterocycles. The highest BCUT2D eigenvalue weighted by Gasteiger charge is 2.09. The molecule has 0 aromatic heterocycles. The summed E-state index contributed by atoms with van der Waals surface area (Å²) in [7, 11) is 0. The van der Waals surface area contributed by atoms with Crippen molar-refractivity contribution in [3.8, 4) is 5.75 Å². The molecule has 0 aliphatic carbocycles. The molecule has 0 bridgehead atoms. The third kappa shape index (κ3) is 3.48. The standard InChI is InChI=1S/C13H14O.C2H4O2/c1-9(2)13-11-6-4-3-5-10(11)7-8-12(13)14;1-2(3)4/h3-9,14H,1-2H3;1H3,(H,3,4).